The second kappa shape index (κ2) is 10.8. The van der Waals surface area contributed by atoms with Gasteiger partial charge in [0.15, 0.2) is 0 Å². The van der Waals surface area contributed by atoms with Gasteiger partial charge in [-0.2, -0.15) is 5.10 Å². The number of hydrogen-bond acceptors (Lipinski definition) is 4. The molecule has 1 aliphatic carbocycles. The van der Waals surface area contributed by atoms with E-state index in [-0.39, 0.29) is 23.6 Å². The topological polar surface area (TPSA) is 56.6 Å². The van der Waals surface area contributed by atoms with Gasteiger partial charge >= 0.3 is 0 Å². The molecule has 0 N–H and O–H groups in total. The fourth-order valence-electron chi connectivity index (χ4n) is 4.13. The summed E-state index contributed by atoms with van der Waals surface area (Å²) >= 11 is 0. The third-order valence-corrected chi connectivity index (χ3v) is 6.21. The largest absolute Gasteiger partial charge is 0.438 e. The van der Waals surface area contributed by atoms with Crippen molar-refractivity contribution in [2.24, 2.45) is 5.92 Å². The first-order valence-electron chi connectivity index (χ1n) is 11.9. The Balaban J connectivity index is 1.79. The second-order valence-electron chi connectivity index (χ2n) is 9.01. The number of para-hydroxylation sites is 1. The highest BCUT2D eigenvalue weighted by atomic mass is 19.1. The van der Waals surface area contributed by atoms with Crippen LogP contribution in [0.15, 0.2) is 54.6 Å². The van der Waals surface area contributed by atoms with Crippen LogP contribution in [0.5, 0.6) is 11.6 Å². The normalized spacial score (nSPS) is 13.7. The number of aromatic nitrogens is 2. The quantitative estimate of drug-likeness (QED) is 0.385. The molecule has 34 heavy (non-hydrogen) atoms. The first kappa shape index (κ1) is 24.0. The first-order chi connectivity index (χ1) is 16.5. The maximum Gasteiger partial charge on any atom is 0.227 e. The number of carbonyl (C=O) groups is 1. The van der Waals surface area contributed by atoms with Gasteiger partial charge in [0.2, 0.25) is 11.8 Å². The van der Waals surface area contributed by atoms with Crippen molar-refractivity contribution in [1.82, 2.24) is 14.7 Å². The number of carbonyl (C=O) groups excluding carboxylic acids is 1. The zero-order valence-corrected chi connectivity index (χ0v) is 20.0. The number of ether oxygens (including phenoxy) is 2. The van der Waals surface area contributed by atoms with Crippen molar-refractivity contribution >= 4 is 5.91 Å². The van der Waals surface area contributed by atoms with Crippen molar-refractivity contribution in [2.75, 3.05) is 20.3 Å². The van der Waals surface area contributed by atoms with E-state index in [0.29, 0.717) is 31.3 Å². The Bertz CT molecular complexity index is 1110. The molecule has 1 saturated carbocycles. The van der Waals surface area contributed by atoms with Crippen molar-refractivity contribution in [1.29, 1.82) is 0 Å². The van der Waals surface area contributed by atoms with Crippen LogP contribution >= 0.6 is 0 Å². The fraction of sp³-hybridized carbons (Fsp3) is 0.407. The minimum Gasteiger partial charge on any atom is -0.438 e. The molecule has 7 heteroatoms. The van der Waals surface area contributed by atoms with Gasteiger partial charge in [-0.05, 0) is 43.0 Å². The number of amides is 1. The molecule has 0 saturated heterocycles. The van der Waals surface area contributed by atoms with Crippen LogP contribution in [0.3, 0.4) is 0 Å². The van der Waals surface area contributed by atoms with Gasteiger partial charge in [-0.3, -0.25) is 4.79 Å². The lowest BCUT2D eigenvalue weighted by Crippen LogP contribution is -2.40. The van der Waals surface area contributed by atoms with Gasteiger partial charge in [0, 0.05) is 25.6 Å². The van der Waals surface area contributed by atoms with Gasteiger partial charge in [-0.15, -0.1) is 0 Å². The molecule has 1 aliphatic rings. The number of rotatable bonds is 10. The predicted octanol–water partition coefficient (Wildman–Crippen LogP) is 5.70. The number of halogens is 1. The van der Waals surface area contributed by atoms with E-state index in [9.17, 15) is 9.18 Å². The van der Waals surface area contributed by atoms with Gasteiger partial charge in [0.05, 0.1) is 30.1 Å². The molecular weight excluding hydrogens is 433 g/mol. The Hall–Kier alpha value is -3.19. The van der Waals surface area contributed by atoms with E-state index in [0.717, 1.165) is 36.2 Å². The van der Waals surface area contributed by atoms with Crippen molar-refractivity contribution < 1.29 is 18.7 Å². The van der Waals surface area contributed by atoms with Gasteiger partial charge in [-0.1, -0.05) is 44.5 Å². The molecule has 4 rings (SSSR count). The van der Waals surface area contributed by atoms with Crippen LogP contribution in [0.1, 0.15) is 50.3 Å². The number of methoxy groups -OCH3 is 1. The Morgan fingerprint density at radius 3 is 2.56 bits per heavy atom. The molecule has 1 aromatic heterocycles. The monoisotopic (exact) mass is 465 g/mol. The molecule has 0 radical (unpaired) electrons. The minimum absolute atomic E-state index is 0.0658. The van der Waals surface area contributed by atoms with E-state index in [1.165, 1.54) is 12.1 Å². The minimum atomic E-state index is -0.379. The molecule has 1 heterocycles. The van der Waals surface area contributed by atoms with E-state index < -0.39 is 0 Å². The second-order valence-corrected chi connectivity index (χ2v) is 9.01. The van der Waals surface area contributed by atoms with Crippen LogP contribution in [0.4, 0.5) is 4.39 Å². The zero-order chi connectivity index (χ0) is 24.1. The van der Waals surface area contributed by atoms with Crippen LogP contribution < -0.4 is 4.74 Å². The van der Waals surface area contributed by atoms with Crippen molar-refractivity contribution in [3.63, 3.8) is 0 Å². The molecule has 0 aliphatic heterocycles. The Labute approximate surface area is 200 Å². The average molecular weight is 466 g/mol. The molecule has 1 fully saturated rings. The summed E-state index contributed by atoms with van der Waals surface area (Å²) < 4.78 is 27.3. The van der Waals surface area contributed by atoms with Crippen molar-refractivity contribution in [3.8, 4) is 17.3 Å². The molecule has 0 unspecified atom stereocenters. The van der Waals surface area contributed by atoms with E-state index in [4.69, 9.17) is 14.6 Å². The van der Waals surface area contributed by atoms with E-state index in [1.54, 1.807) is 23.9 Å². The van der Waals surface area contributed by atoms with Gasteiger partial charge in [0.25, 0.3) is 0 Å². The zero-order valence-electron chi connectivity index (χ0n) is 20.0. The molecule has 0 bridgehead atoms. The summed E-state index contributed by atoms with van der Waals surface area (Å²) in [5.41, 5.74) is 2.50. The highest BCUT2D eigenvalue weighted by Crippen LogP contribution is 2.36. The number of benzene rings is 2. The SMILES string of the molecule is COCCN(Cc1c(C(C)C)nn(-c2ccccc2)c1Oc1cccc(F)c1)C(=O)C1CCC1. The van der Waals surface area contributed by atoms with Crippen LogP contribution in [-0.2, 0) is 16.1 Å². The van der Waals surface area contributed by atoms with Crippen LogP contribution in [0.25, 0.3) is 5.69 Å². The van der Waals surface area contributed by atoms with Crippen LogP contribution in [0.2, 0.25) is 0 Å². The lowest BCUT2D eigenvalue weighted by atomic mass is 9.84. The summed E-state index contributed by atoms with van der Waals surface area (Å²) in [7, 11) is 1.64. The van der Waals surface area contributed by atoms with E-state index in [2.05, 4.69) is 13.8 Å². The molecular formula is C27H32FN3O3. The highest BCUT2D eigenvalue weighted by molar-refractivity contribution is 5.79. The Kier molecular flexibility index (Phi) is 7.63. The third-order valence-electron chi connectivity index (χ3n) is 6.21. The van der Waals surface area contributed by atoms with E-state index >= 15 is 0 Å². The van der Waals surface area contributed by atoms with Crippen molar-refractivity contribution in [3.05, 3.63) is 71.7 Å². The lowest BCUT2D eigenvalue weighted by molar-refractivity contribution is -0.139. The summed E-state index contributed by atoms with van der Waals surface area (Å²) in [6, 6.07) is 15.8. The van der Waals surface area contributed by atoms with Crippen LogP contribution in [-0.4, -0.2) is 40.8 Å². The Morgan fingerprint density at radius 1 is 1.18 bits per heavy atom. The summed E-state index contributed by atoms with van der Waals surface area (Å²) in [5.74, 6) is 0.790. The van der Waals surface area contributed by atoms with Gasteiger partial charge in [-0.25, -0.2) is 9.07 Å². The molecule has 2 aromatic carbocycles. The average Bonchev–Trinajstić information content (AvgIpc) is 3.14. The van der Waals surface area contributed by atoms with Gasteiger partial charge in [0.1, 0.15) is 11.6 Å². The molecule has 3 aromatic rings. The smallest absolute Gasteiger partial charge is 0.227 e. The van der Waals surface area contributed by atoms with Crippen molar-refractivity contribution in [2.45, 2.75) is 45.6 Å². The summed E-state index contributed by atoms with van der Waals surface area (Å²) in [5, 5.41) is 4.90. The molecule has 0 atom stereocenters. The molecule has 0 spiro atoms. The predicted molar refractivity (Wildman–Crippen MR) is 129 cm³/mol. The fourth-order valence-corrected chi connectivity index (χ4v) is 4.13. The Morgan fingerprint density at radius 2 is 1.94 bits per heavy atom. The molecule has 180 valence electrons. The first-order valence-corrected chi connectivity index (χ1v) is 11.9. The summed E-state index contributed by atoms with van der Waals surface area (Å²) in [6.45, 7) is 5.42. The van der Waals surface area contributed by atoms with E-state index in [1.807, 2.05) is 35.2 Å². The number of nitrogens with zero attached hydrogens (tertiary/aromatic N) is 3. The highest BCUT2D eigenvalue weighted by Gasteiger charge is 2.32. The number of hydrogen-bond donors (Lipinski definition) is 0. The molecule has 6 nitrogen and oxygen atoms in total. The standard InChI is InChI=1S/C27H32FN3O3/c1-19(2)25-24(18-30(15-16-33-3)26(32)20-9-7-10-20)27(34-23-14-8-11-21(28)17-23)31(29-25)22-12-5-4-6-13-22/h4-6,8,11-14,17,19-20H,7,9-10,15-16,18H2,1-3H3. The summed E-state index contributed by atoms with van der Waals surface area (Å²) in [6.07, 6.45) is 2.94. The summed E-state index contributed by atoms with van der Waals surface area (Å²) in [4.78, 5) is 15.1. The lowest BCUT2D eigenvalue weighted by Gasteiger charge is -2.32. The van der Waals surface area contributed by atoms with Crippen LogP contribution in [0, 0.1) is 11.7 Å². The third kappa shape index (κ3) is 5.30. The maximum absolute atomic E-state index is 13.9. The maximum atomic E-state index is 13.9. The van der Waals surface area contributed by atoms with Gasteiger partial charge < -0.3 is 14.4 Å². The molecule has 1 amide bonds.